The average Bonchev–Trinajstić information content (AvgIpc) is 2.85. The smallest absolute Gasteiger partial charge is 0.251 e. The van der Waals surface area contributed by atoms with E-state index in [0.717, 1.165) is 43.1 Å². The number of nitrogens with zero attached hydrogens (tertiary/aromatic N) is 1. The summed E-state index contributed by atoms with van der Waals surface area (Å²) in [6.07, 6.45) is 4.58. The summed E-state index contributed by atoms with van der Waals surface area (Å²) in [6.45, 7) is 7.44. The van der Waals surface area contributed by atoms with E-state index in [-0.39, 0.29) is 11.9 Å². The van der Waals surface area contributed by atoms with Crippen molar-refractivity contribution in [1.29, 1.82) is 0 Å². The molecule has 1 aliphatic heterocycles. The molecule has 3 aromatic rings. The standard InChI is InChI=1S/C30H36N2O/c1-3-29(27-13-9-23(2)10-14-27)31-30(33)28-15-11-26(12-16-28)22-32-19-17-25(18-20-32)21-24-7-5-4-6-8-24/h4-16,25,29H,3,17-22H2,1-2H3,(H,31,33)/t29-/m1/s1. The van der Waals surface area contributed by atoms with Gasteiger partial charge in [0.1, 0.15) is 0 Å². The molecule has 0 saturated carbocycles. The molecule has 0 radical (unpaired) electrons. The molecule has 1 saturated heterocycles. The van der Waals surface area contributed by atoms with E-state index in [1.54, 1.807) is 0 Å². The van der Waals surface area contributed by atoms with Gasteiger partial charge in [-0.3, -0.25) is 9.69 Å². The van der Waals surface area contributed by atoms with E-state index in [0.29, 0.717) is 0 Å². The Balaban J connectivity index is 1.26. The lowest BCUT2D eigenvalue weighted by molar-refractivity contribution is 0.0935. The van der Waals surface area contributed by atoms with Crippen molar-refractivity contribution in [2.75, 3.05) is 13.1 Å². The summed E-state index contributed by atoms with van der Waals surface area (Å²) >= 11 is 0. The van der Waals surface area contributed by atoms with Gasteiger partial charge >= 0.3 is 0 Å². The minimum atomic E-state index is -0.00398. The zero-order valence-corrected chi connectivity index (χ0v) is 20.0. The Morgan fingerprint density at radius 1 is 0.909 bits per heavy atom. The highest BCUT2D eigenvalue weighted by Gasteiger charge is 2.20. The third-order valence-corrected chi connectivity index (χ3v) is 6.89. The molecule has 1 fully saturated rings. The minimum absolute atomic E-state index is 0.00398. The number of nitrogens with one attached hydrogen (secondary N) is 1. The van der Waals surface area contributed by atoms with Gasteiger partial charge in [-0.25, -0.2) is 0 Å². The molecule has 172 valence electrons. The van der Waals surface area contributed by atoms with Crippen LogP contribution in [-0.2, 0) is 13.0 Å². The minimum Gasteiger partial charge on any atom is -0.345 e. The molecule has 1 N–H and O–H groups in total. The van der Waals surface area contributed by atoms with Gasteiger partial charge in [-0.15, -0.1) is 0 Å². The van der Waals surface area contributed by atoms with Crippen molar-refractivity contribution in [3.63, 3.8) is 0 Å². The number of aryl methyl sites for hydroxylation is 1. The maximum absolute atomic E-state index is 12.8. The molecule has 1 heterocycles. The van der Waals surface area contributed by atoms with Crippen molar-refractivity contribution in [3.05, 3.63) is 107 Å². The summed E-state index contributed by atoms with van der Waals surface area (Å²) in [5.74, 6) is 0.783. The number of hydrogen-bond donors (Lipinski definition) is 1. The lowest BCUT2D eigenvalue weighted by Crippen LogP contribution is -2.33. The Labute approximate surface area is 198 Å². The zero-order chi connectivity index (χ0) is 23.0. The number of likely N-dealkylation sites (tertiary alicyclic amines) is 1. The quantitative estimate of drug-likeness (QED) is 0.444. The molecule has 33 heavy (non-hydrogen) atoms. The molecule has 1 aliphatic rings. The summed E-state index contributed by atoms with van der Waals surface area (Å²) in [5.41, 5.74) is 5.85. The SMILES string of the molecule is CC[C@@H](NC(=O)c1ccc(CN2CCC(Cc3ccccc3)CC2)cc1)c1ccc(C)cc1. The number of benzene rings is 3. The van der Waals surface area contributed by atoms with Crippen molar-refractivity contribution in [2.24, 2.45) is 5.92 Å². The highest BCUT2D eigenvalue weighted by molar-refractivity contribution is 5.94. The van der Waals surface area contributed by atoms with Crippen LogP contribution in [0.3, 0.4) is 0 Å². The van der Waals surface area contributed by atoms with E-state index in [1.807, 2.05) is 12.1 Å². The summed E-state index contributed by atoms with van der Waals surface area (Å²) in [4.78, 5) is 15.4. The molecule has 4 rings (SSSR count). The normalized spacial score (nSPS) is 15.8. The second-order valence-electron chi connectivity index (χ2n) is 9.45. The van der Waals surface area contributed by atoms with Gasteiger partial charge in [-0.05, 0) is 80.4 Å². The van der Waals surface area contributed by atoms with Gasteiger partial charge in [-0.2, -0.15) is 0 Å². The van der Waals surface area contributed by atoms with Crippen LogP contribution in [0.5, 0.6) is 0 Å². The Kier molecular flexibility index (Phi) is 7.96. The van der Waals surface area contributed by atoms with Crippen molar-refractivity contribution in [3.8, 4) is 0 Å². The molecule has 3 aromatic carbocycles. The lowest BCUT2D eigenvalue weighted by Gasteiger charge is -2.32. The summed E-state index contributed by atoms with van der Waals surface area (Å²) in [6, 6.07) is 27.5. The van der Waals surface area contributed by atoms with Gasteiger partial charge in [0.05, 0.1) is 6.04 Å². The van der Waals surface area contributed by atoms with E-state index in [1.165, 1.54) is 36.0 Å². The highest BCUT2D eigenvalue weighted by atomic mass is 16.1. The first-order valence-corrected chi connectivity index (χ1v) is 12.3. The predicted molar refractivity (Wildman–Crippen MR) is 136 cm³/mol. The Morgan fingerprint density at radius 3 is 2.21 bits per heavy atom. The molecular weight excluding hydrogens is 404 g/mol. The van der Waals surface area contributed by atoms with Gasteiger partial charge in [0.25, 0.3) is 5.91 Å². The van der Waals surface area contributed by atoms with Crippen LogP contribution in [0.15, 0.2) is 78.9 Å². The van der Waals surface area contributed by atoms with Gasteiger partial charge in [0.2, 0.25) is 0 Å². The maximum Gasteiger partial charge on any atom is 0.251 e. The van der Waals surface area contributed by atoms with E-state index in [9.17, 15) is 4.79 Å². The first kappa shape index (κ1) is 23.3. The largest absolute Gasteiger partial charge is 0.345 e. The number of rotatable bonds is 8. The van der Waals surface area contributed by atoms with Gasteiger partial charge in [-0.1, -0.05) is 79.2 Å². The van der Waals surface area contributed by atoms with Crippen molar-refractivity contribution in [1.82, 2.24) is 10.2 Å². The Morgan fingerprint density at radius 2 is 1.58 bits per heavy atom. The maximum atomic E-state index is 12.8. The van der Waals surface area contributed by atoms with Crippen LogP contribution >= 0.6 is 0 Å². The van der Waals surface area contributed by atoms with Gasteiger partial charge in [0, 0.05) is 12.1 Å². The fraction of sp³-hybridized carbons (Fsp3) is 0.367. The van der Waals surface area contributed by atoms with Crippen LogP contribution in [0.4, 0.5) is 0 Å². The van der Waals surface area contributed by atoms with Crippen molar-refractivity contribution < 1.29 is 4.79 Å². The molecule has 1 amide bonds. The summed E-state index contributed by atoms with van der Waals surface area (Å²) < 4.78 is 0. The van der Waals surface area contributed by atoms with E-state index < -0.39 is 0 Å². The van der Waals surface area contributed by atoms with Gasteiger partial charge in [0.15, 0.2) is 0 Å². The highest BCUT2D eigenvalue weighted by Crippen LogP contribution is 2.23. The number of carbonyl (C=O) groups excluding carboxylic acids is 1. The molecule has 3 nitrogen and oxygen atoms in total. The monoisotopic (exact) mass is 440 g/mol. The Bertz CT molecular complexity index is 1000. The number of piperidine rings is 1. The van der Waals surface area contributed by atoms with Crippen LogP contribution < -0.4 is 5.32 Å². The third kappa shape index (κ3) is 6.55. The topological polar surface area (TPSA) is 32.3 Å². The van der Waals surface area contributed by atoms with Crippen LogP contribution in [0.2, 0.25) is 0 Å². The Hall–Kier alpha value is -2.91. The van der Waals surface area contributed by atoms with Gasteiger partial charge < -0.3 is 5.32 Å². The van der Waals surface area contributed by atoms with Crippen LogP contribution in [-0.4, -0.2) is 23.9 Å². The van der Waals surface area contributed by atoms with Crippen LogP contribution in [0.25, 0.3) is 0 Å². The van der Waals surface area contributed by atoms with E-state index in [2.05, 4.69) is 90.8 Å². The van der Waals surface area contributed by atoms with Crippen LogP contribution in [0, 0.1) is 12.8 Å². The molecular formula is C30H36N2O. The predicted octanol–water partition coefficient (Wildman–Crippen LogP) is 6.33. The lowest BCUT2D eigenvalue weighted by atomic mass is 9.90. The molecule has 0 aliphatic carbocycles. The molecule has 0 aromatic heterocycles. The number of hydrogen-bond acceptors (Lipinski definition) is 2. The third-order valence-electron chi connectivity index (χ3n) is 6.89. The fourth-order valence-electron chi connectivity index (χ4n) is 4.78. The van der Waals surface area contributed by atoms with Crippen molar-refractivity contribution >= 4 is 5.91 Å². The fourth-order valence-corrected chi connectivity index (χ4v) is 4.78. The number of carbonyl (C=O) groups is 1. The van der Waals surface area contributed by atoms with E-state index >= 15 is 0 Å². The molecule has 1 atom stereocenters. The second-order valence-corrected chi connectivity index (χ2v) is 9.45. The summed E-state index contributed by atoms with van der Waals surface area (Å²) in [7, 11) is 0. The number of amides is 1. The van der Waals surface area contributed by atoms with Crippen LogP contribution in [0.1, 0.15) is 64.8 Å². The molecule has 3 heteroatoms. The second kappa shape index (κ2) is 11.3. The van der Waals surface area contributed by atoms with E-state index in [4.69, 9.17) is 0 Å². The zero-order valence-electron chi connectivity index (χ0n) is 20.0. The summed E-state index contributed by atoms with van der Waals surface area (Å²) in [5, 5.41) is 3.19. The van der Waals surface area contributed by atoms with Crippen molar-refractivity contribution in [2.45, 2.75) is 52.1 Å². The molecule has 0 spiro atoms. The first-order valence-electron chi connectivity index (χ1n) is 12.3. The first-order chi connectivity index (χ1) is 16.1. The average molecular weight is 441 g/mol. The molecule has 0 unspecified atom stereocenters. The molecule has 0 bridgehead atoms.